The predicted molar refractivity (Wildman–Crippen MR) is 64.0 cm³/mol. The fourth-order valence-corrected chi connectivity index (χ4v) is 2.15. The van der Waals surface area contributed by atoms with Crippen molar-refractivity contribution in [3.63, 3.8) is 0 Å². The number of halogens is 1. The molecule has 1 heterocycles. The molecule has 1 fully saturated rings. The lowest BCUT2D eigenvalue weighted by atomic mass is 10.1. The van der Waals surface area contributed by atoms with E-state index in [1.165, 1.54) is 12.1 Å². The molecule has 0 aromatic heterocycles. The third-order valence-corrected chi connectivity index (χ3v) is 3.19. The van der Waals surface area contributed by atoms with Gasteiger partial charge in [0.2, 0.25) is 0 Å². The van der Waals surface area contributed by atoms with Gasteiger partial charge in [-0.2, -0.15) is 0 Å². The molecular formula is C13H16FNO2. The molecule has 0 unspecified atom stereocenters. The molecule has 0 radical (unpaired) electrons. The lowest BCUT2D eigenvalue weighted by Crippen LogP contribution is -2.36. The van der Waals surface area contributed by atoms with Gasteiger partial charge in [0, 0.05) is 37.6 Å². The summed E-state index contributed by atoms with van der Waals surface area (Å²) in [5.41, 5.74) is 1.12. The minimum absolute atomic E-state index is 0.352. The Morgan fingerprint density at radius 2 is 2.06 bits per heavy atom. The number of benzene rings is 1. The summed E-state index contributed by atoms with van der Waals surface area (Å²) in [5, 5.41) is 0. The van der Waals surface area contributed by atoms with Crippen molar-refractivity contribution in [2.45, 2.75) is 18.9 Å². The average molecular weight is 237 g/mol. The lowest BCUT2D eigenvalue weighted by molar-refractivity contribution is 0.0854. The highest BCUT2D eigenvalue weighted by atomic mass is 19.1. The number of carbonyl (C=O) groups is 1. The molecule has 3 nitrogen and oxygen atoms in total. The fourth-order valence-electron chi connectivity index (χ4n) is 2.15. The van der Waals surface area contributed by atoms with Crippen LogP contribution < -0.4 is 4.90 Å². The van der Waals surface area contributed by atoms with Crippen molar-refractivity contribution in [1.29, 1.82) is 0 Å². The van der Waals surface area contributed by atoms with Gasteiger partial charge in [0.15, 0.2) is 0 Å². The number of nitrogens with zero attached hydrogens (tertiary/aromatic N) is 1. The van der Waals surface area contributed by atoms with Crippen LogP contribution in [0.2, 0.25) is 0 Å². The highest BCUT2D eigenvalue weighted by Crippen LogP contribution is 2.23. The zero-order valence-electron chi connectivity index (χ0n) is 9.86. The molecule has 0 bridgehead atoms. The van der Waals surface area contributed by atoms with Crippen molar-refractivity contribution in [2.75, 3.05) is 25.2 Å². The van der Waals surface area contributed by atoms with Gasteiger partial charge in [-0.3, -0.25) is 4.79 Å². The molecule has 1 saturated heterocycles. The molecule has 1 aromatic rings. The number of hydrogen-bond donors (Lipinski definition) is 0. The van der Waals surface area contributed by atoms with E-state index < -0.39 is 0 Å². The summed E-state index contributed by atoms with van der Waals surface area (Å²) >= 11 is 0. The Bertz CT molecular complexity index is 402. The summed E-state index contributed by atoms with van der Waals surface area (Å²) in [4.78, 5) is 12.7. The molecule has 2 rings (SSSR count). The summed E-state index contributed by atoms with van der Waals surface area (Å²) in [6.45, 7) is 1.48. The predicted octanol–water partition coefficient (Wildman–Crippen LogP) is 2.25. The zero-order chi connectivity index (χ0) is 12.3. The van der Waals surface area contributed by atoms with Crippen LogP contribution in [0.4, 0.5) is 10.1 Å². The molecule has 0 spiro atoms. The minimum atomic E-state index is -0.372. The van der Waals surface area contributed by atoms with E-state index in [0.29, 0.717) is 17.9 Å². The quantitative estimate of drug-likeness (QED) is 0.755. The van der Waals surface area contributed by atoms with Gasteiger partial charge in [0.05, 0.1) is 0 Å². The van der Waals surface area contributed by atoms with E-state index in [2.05, 4.69) is 0 Å². The van der Waals surface area contributed by atoms with E-state index in [-0.39, 0.29) is 5.82 Å². The molecule has 0 atom stereocenters. The first-order valence-electron chi connectivity index (χ1n) is 5.77. The van der Waals surface area contributed by atoms with Crippen LogP contribution in [-0.2, 0) is 4.74 Å². The number of rotatable bonds is 3. The summed E-state index contributed by atoms with van der Waals surface area (Å²) < 4.78 is 18.6. The molecular weight excluding hydrogens is 221 g/mol. The standard InChI is InChI=1S/C13H16FNO2/c1-15(12-2-4-17-5-3-12)13-7-10(9-16)6-11(14)8-13/h6-9,12H,2-5H2,1H3. The Kier molecular flexibility index (Phi) is 3.74. The van der Waals surface area contributed by atoms with Gasteiger partial charge in [-0.25, -0.2) is 4.39 Å². The largest absolute Gasteiger partial charge is 0.381 e. The van der Waals surface area contributed by atoms with E-state index in [0.717, 1.165) is 31.7 Å². The van der Waals surface area contributed by atoms with Gasteiger partial charge in [-0.15, -0.1) is 0 Å². The first-order valence-corrected chi connectivity index (χ1v) is 5.77. The fraction of sp³-hybridized carbons (Fsp3) is 0.462. The average Bonchev–Trinajstić information content (AvgIpc) is 2.38. The lowest BCUT2D eigenvalue weighted by Gasteiger charge is -2.33. The molecule has 92 valence electrons. The number of ether oxygens (including phenoxy) is 1. The Morgan fingerprint density at radius 3 is 2.71 bits per heavy atom. The minimum Gasteiger partial charge on any atom is -0.381 e. The second kappa shape index (κ2) is 5.27. The van der Waals surface area contributed by atoms with Crippen LogP contribution in [0.3, 0.4) is 0 Å². The van der Waals surface area contributed by atoms with Crippen molar-refractivity contribution in [3.05, 3.63) is 29.6 Å². The molecule has 0 saturated carbocycles. The maximum Gasteiger partial charge on any atom is 0.150 e. The van der Waals surface area contributed by atoms with E-state index in [4.69, 9.17) is 4.74 Å². The van der Waals surface area contributed by atoms with Gasteiger partial charge >= 0.3 is 0 Å². The molecule has 1 aliphatic rings. The van der Waals surface area contributed by atoms with Gasteiger partial charge in [0.1, 0.15) is 12.1 Å². The molecule has 0 N–H and O–H groups in total. The smallest absolute Gasteiger partial charge is 0.150 e. The Morgan fingerprint density at radius 1 is 1.35 bits per heavy atom. The van der Waals surface area contributed by atoms with E-state index in [1.54, 1.807) is 6.07 Å². The molecule has 1 aromatic carbocycles. The Labute approximate surface area is 100 Å². The maximum atomic E-state index is 13.3. The summed E-state index contributed by atoms with van der Waals surface area (Å²) in [5.74, 6) is -0.372. The van der Waals surface area contributed by atoms with Crippen LogP contribution in [-0.4, -0.2) is 32.6 Å². The highest BCUT2D eigenvalue weighted by molar-refractivity contribution is 5.77. The Hall–Kier alpha value is -1.42. The number of anilines is 1. The highest BCUT2D eigenvalue weighted by Gasteiger charge is 2.19. The number of hydrogen-bond acceptors (Lipinski definition) is 3. The third kappa shape index (κ3) is 2.82. The third-order valence-electron chi connectivity index (χ3n) is 3.19. The molecule has 4 heteroatoms. The monoisotopic (exact) mass is 237 g/mol. The van der Waals surface area contributed by atoms with Crippen LogP contribution in [0.5, 0.6) is 0 Å². The van der Waals surface area contributed by atoms with E-state index in [1.807, 2.05) is 11.9 Å². The molecule has 0 aliphatic carbocycles. The van der Waals surface area contributed by atoms with E-state index in [9.17, 15) is 9.18 Å². The van der Waals surface area contributed by atoms with Crippen molar-refractivity contribution < 1.29 is 13.9 Å². The van der Waals surface area contributed by atoms with Crippen LogP contribution in [0.15, 0.2) is 18.2 Å². The van der Waals surface area contributed by atoms with Gasteiger partial charge in [-0.05, 0) is 31.0 Å². The summed E-state index contributed by atoms with van der Waals surface area (Å²) in [6, 6.07) is 4.77. The molecule has 17 heavy (non-hydrogen) atoms. The second-order valence-electron chi connectivity index (χ2n) is 4.32. The van der Waals surface area contributed by atoms with Crippen molar-refractivity contribution >= 4 is 12.0 Å². The SMILES string of the molecule is CN(c1cc(F)cc(C=O)c1)C1CCOCC1. The second-order valence-corrected chi connectivity index (χ2v) is 4.32. The maximum absolute atomic E-state index is 13.3. The Balaban J connectivity index is 2.19. The van der Waals surface area contributed by atoms with Crippen LogP contribution in [0.25, 0.3) is 0 Å². The van der Waals surface area contributed by atoms with Crippen molar-refractivity contribution in [3.8, 4) is 0 Å². The van der Waals surface area contributed by atoms with Gasteiger partial charge in [-0.1, -0.05) is 0 Å². The van der Waals surface area contributed by atoms with Crippen LogP contribution in [0.1, 0.15) is 23.2 Å². The molecule has 1 aliphatic heterocycles. The van der Waals surface area contributed by atoms with Gasteiger partial charge in [0.25, 0.3) is 0 Å². The van der Waals surface area contributed by atoms with Crippen LogP contribution in [0, 0.1) is 5.82 Å². The van der Waals surface area contributed by atoms with E-state index >= 15 is 0 Å². The normalized spacial score (nSPS) is 16.8. The van der Waals surface area contributed by atoms with Crippen molar-refractivity contribution in [1.82, 2.24) is 0 Å². The number of carbonyl (C=O) groups excluding carboxylic acids is 1. The first-order chi connectivity index (χ1) is 8.20. The van der Waals surface area contributed by atoms with Crippen molar-refractivity contribution in [2.24, 2.45) is 0 Å². The van der Waals surface area contributed by atoms with Crippen LogP contribution >= 0.6 is 0 Å². The summed E-state index contributed by atoms with van der Waals surface area (Å²) in [6.07, 6.45) is 2.54. The zero-order valence-corrected chi connectivity index (χ0v) is 9.86. The van der Waals surface area contributed by atoms with Gasteiger partial charge < -0.3 is 9.64 Å². The topological polar surface area (TPSA) is 29.5 Å². The number of aldehydes is 1. The molecule has 0 amide bonds. The summed E-state index contributed by atoms with van der Waals surface area (Å²) in [7, 11) is 1.93. The first kappa shape index (κ1) is 12.0.